The van der Waals surface area contributed by atoms with Gasteiger partial charge in [-0.05, 0) is 20.8 Å². The highest BCUT2D eigenvalue weighted by molar-refractivity contribution is 6.52. The molecule has 0 fully saturated rings. The van der Waals surface area contributed by atoms with Crippen LogP contribution in [0, 0.1) is 0 Å². The van der Waals surface area contributed by atoms with Crippen LogP contribution in [0.15, 0.2) is 0 Å². The third-order valence-corrected chi connectivity index (χ3v) is 2.77. The summed E-state index contributed by atoms with van der Waals surface area (Å²) < 4.78 is 55.2. The molecule has 0 rings (SSSR count). The molecule has 0 heterocycles. The lowest BCUT2D eigenvalue weighted by Crippen LogP contribution is -2.52. The Morgan fingerprint density at radius 2 is 1.16 bits per heavy atom. The molecule has 7 nitrogen and oxygen atoms in total. The average molecular weight is 310 g/mol. The summed E-state index contributed by atoms with van der Waals surface area (Å²) in [7, 11) is -4.51. The maximum atomic E-state index is 13.0. The van der Waals surface area contributed by atoms with Gasteiger partial charge in [-0.1, -0.05) is 0 Å². The van der Waals surface area contributed by atoms with Crippen LogP contribution in [-0.2, 0) is 32.8 Å². The lowest BCUT2D eigenvalue weighted by molar-refractivity contribution is -0.393. The minimum atomic E-state index is -4.51. The second-order valence-corrected chi connectivity index (χ2v) is 4.51. The predicted molar refractivity (Wildman–Crippen MR) is 55.9 cm³/mol. The van der Waals surface area contributed by atoms with Gasteiger partial charge in [-0.15, -0.1) is 0 Å². The Morgan fingerprint density at radius 3 is 1.42 bits per heavy atom. The smallest absolute Gasteiger partial charge is 0.311 e. The number of alkyl halides is 3. The van der Waals surface area contributed by atoms with E-state index in [2.05, 4.69) is 32.8 Å². The third-order valence-electron chi connectivity index (χ3n) is 1.29. The van der Waals surface area contributed by atoms with E-state index in [4.69, 9.17) is 0 Å². The van der Waals surface area contributed by atoms with Crippen LogP contribution < -0.4 is 0 Å². The number of rotatable bonds is 12. The Balaban J connectivity index is 4.75. The summed E-state index contributed by atoms with van der Waals surface area (Å²) in [5.41, 5.74) is 0. The fourth-order valence-electron chi connectivity index (χ4n) is 0.683. The lowest BCUT2D eigenvalue weighted by Gasteiger charge is -2.25. The predicted octanol–water partition coefficient (Wildman–Crippen LogP) is 1.90. The van der Waals surface area contributed by atoms with Gasteiger partial charge in [0, 0.05) is 0 Å². The molecule has 0 aromatic rings. The van der Waals surface area contributed by atoms with Gasteiger partial charge in [-0.25, -0.2) is 27.8 Å². The fraction of sp³-hybridized carbons (Fsp3) is 1.00. The first-order valence-electron chi connectivity index (χ1n) is 5.53. The quantitative estimate of drug-likeness (QED) is 0.310. The van der Waals surface area contributed by atoms with E-state index >= 15 is 0 Å². The molecule has 0 aromatic carbocycles. The van der Waals surface area contributed by atoms with Crippen molar-refractivity contribution in [3.63, 3.8) is 0 Å². The average Bonchev–Trinajstić information content (AvgIpc) is 2.40. The summed E-state index contributed by atoms with van der Waals surface area (Å²) >= 11 is 0. The zero-order valence-corrected chi connectivity index (χ0v) is 11.8. The van der Waals surface area contributed by atoms with E-state index in [1.54, 1.807) is 0 Å². The van der Waals surface area contributed by atoms with Gasteiger partial charge in [-0.2, -0.15) is 13.7 Å². The third kappa shape index (κ3) is 7.79. The molecule has 19 heavy (non-hydrogen) atoms. The van der Waals surface area contributed by atoms with Crippen molar-refractivity contribution >= 4 is 9.05 Å². The standard InChI is InChI=1S/C8H17F3O7Si/c1-4-12-16-19(17-13-5-2,18-14-6-3)15-8(11)7(9)10/h7-8H,4-6H2,1-3H3. The van der Waals surface area contributed by atoms with Gasteiger partial charge in [0.1, 0.15) is 0 Å². The maximum absolute atomic E-state index is 13.0. The highest BCUT2D eigenvalue weighted by Gasteiger charge is 2.55. The van der Waals surface area contributed by atoms with Crippen molar-refractivity contribution < 1.29 is 46.0 Å². The molecule has 1 atom stereocenters. The van der Waals surface area contributed by atoms with Gasteiger partial charge in [0.15, 0.2) is 0 Å². The maximum Gasteiger partial charge on any atom is 0.766 e. The Kier molecular flexibility index (Phi) is 10.4. The molecule has 0 spiro atoms. The molecule has 116 valence electrons. The zero-order valence-electron chi connectivity index (χ0n) is 10.8. The van der Waals surface area contributed by atoms with Crippen molar-refractivity contribution in [2.75, 3.05) is 19.8 Å². The molecule has 0 aliphatic rings. The SMILES string of the molecule is CCOO[Si](OOCC)(OOCC)OC(F)C(F)F. The van der Waals surface area contributed by atoms with Gasteiger partial charge >= 0.3 is 9.05 Å². The van der Waals surface area contributed by atoms with E-state index in [0.29, 0.717) is 0 Å². The fourth-order valence-corrected chi connectivity index (χ4v) is 2.05. The van der Waals surface area contributed by atoms with Gasteiger partial charge in [0.05, 0.1) is 19.8 Å². The van der Waals surface area contributed by atoms with Crippen molar-refractivity contribution in [3.05, 3.63) is 0 Å². The van der Waals surface area contributed by atoms with Crippen LogP contribution in [0.3, 0.4) is 0 Å². The monoisotopic (exact) mass is 310 g/mol. The van der Waals surface area contributed by atoms with Gasteiger partial charge in [0.2, 0.25) is 0 Å². The van der Waals surface area contributed by atoms with Crippen LogP contribution in [-0.4, -0.2) is 41.7 Å². The minimum absolute atomic E-state index is 0.00864. The first kappa shape index (κ1) is 18.7. The molecular weight excluding hydrogens is 293 g/mol. The molecule has 0 saturated carbocycles. The summed E-state index contributed by atoms with van der Waals surface area (Å²) in [4.78, 5) is 13.5. The van der Waals surface area contributed by atoms with E-state index < -0.39 is 21.8 Å². The second-order valence-electron chi connectivity index (χ2n) is 2.77. The first-order chi connectivity index (χ1) is 9.01. The summed E-state index contributed by atoms with van der Waals surface area (Å²) in [5, 5.41) is 0. The Bertz CT molecular complexity index is 203. The van der Waals surface area contributed by atoms with Crippen LogP contribution in [0.1, 0.15) is 20.8 Å². The molecular formula is C8H17F3O7Si. The molecule has 0 aromatic heterocycles. The zero-order chi connectivity index (χ0) is 14.7. The number of hydrogen-bond acceptors (Lipinski definition) is 7. The van der Waals surface area contributed by atoms with Crippen molar-refractivity contribution in [3.8, 4) is 0 Å². The number of halogens is 3. The first-order valence-corrected chi connectivity index (χ1v) is 7.16. The van der Waals surface area contributed by atoms with E-state index in [1.807, 2.05) is 0 Å². The molecule has 11 heteroatoms. The van der Waals surface area contributed by atoms with Crippen LogP contribution in [0.2, 0.25) is 0 Å². The number of hydrogen-bond donors (Lipinski definition) is 0. The van der Waals surface area contributed by atoms with Crippen LogP contribution in [0.4, 0.5) is 13.2 Å². The van der Waals surface area contributed by atoms with Crippen molar-refractivity contribution in [2.24, 2.45) is 0 Å². The highest BCUT2D eigenvalue weighted by Crippen LogP contribution is 2.20. The minimum Gasteiger partial charge on any atom is -0.311 e. The summed E-state index contributed by atoms with van der Waals surface area (Å²) in [6, 6.07) is 0. The van der Waals surface area contributed by atoms with Gasteiger partial charge in [-0.3, -0.25) is 0 Å². The van der Waals surface area contributed by atoms with Crippen LogP contribution in [0.25, 0.3) is 0 Å². The normalized spacial score (nSPS) is 14.1. The Hall–Kier alpha value is -0.273. The molecule has 0 N–H and O–H groups in total. The molecule has 0 radical (unpaired) electrons. The van der Waals surface area contributed by atoms with Gasteiger partial charge in [0.25, 0.3) is 12.8 Å². The molecule has 0 bridgehead atoms. The van der Waals surface area contributed by atoms with E-state index in [-0.39, 0.29) is 19.8 Å². The molecule has 0 aliphatic heterocycles. The Morgan fingerprint density at radius 1 is 0.789 bits per heavy atom. The second kappa shape index (κ2) is 10.5. The van der Waals surface area contributed by atoms with E-state index in [1.165, 1.54) is 20.8 Å². The van der Waals surface area contributed by atoms with E-state index in [9.17, 15) is 13.2 Å². The van der Waals surface area contributed by atoms with Crippen molar-refractivity contribution in [1.82, 2.24) is 0 Å². The van der Waals surface area contributed by atoms with Crippen molar-refractivity contribution in [1.29, 1.82) is 0 Å². The highest BCUT2D eigenvalue weighted by atomic mass is 28.4. The molecule has 0 amide bonds. The Labute approximate surface area is 109 Å². The van der Waals surface area contributed by atoms with Gasteiger partial charge < -0.3 is 4.43 Å². The lowest BCUT2D eigenvalue weighted by atomic mass is 10.7. The van der Waals surface area contributed by atoms with Crippen molar-refractivity contribution in [2.45, 2.75) is 33.6 Å². The molecule has 1 unspecified atom stereocenters. The summed E-state index contributed by atoms with van der Waals surface area (Å²) in [6.45, 7) is 4.61. The van der Waals surface area contributed by atoms with Crippen LogP contribution in [0.5, 0.6) is 0 Å². The van der Waals surface area contributed by atoms with Crippen LogP contribution >= 0.6 is 0 Å². The topological polar surface area (TPSA) is 64.6 Å². The largest absolute Gasteiger partial charge is 0.766 e. The molecule has 0 aliphatic carbocycles. The summed E-state index contributed by atoms with van der Waals surface area (Å²) in [6.07, 6.45) is -6.43. The molecule has 0 saturated heterocycles. The van der Waals surface area contributed by atoms with E-state index in [0.717, 1.165) is 0 Å². The summed E-state index contributed by atoms with van der Waals surface area (Å²) in [5.74, 6) is 0.